The molecule has 1 atom stereocenters. The number of hydrogen-bond donors (Lipinski definition) is 2. The Morgan fingerprint density at radius 1 is 0.968 bits per heavy atom. The van der Waals surface area contributed by atoms with Crippen LogP contribution in [0.3, 0.4) is 0 Å². The Kier molecular flexibility index (Phi) is 11.3. The van der Waals surface area contributed by atoms with Crippen molar-refractivity contribution in [1.29, 1.82) is 0 Å². The predicted octanol–water partition coefficient (Wildman–Crippen LogP) is 1.50. The number of nitrogens with zero attached hydrogens (tertiary/aromatic N) is 4. The molecule has 9 heteroatoms. The zero-order valence-electron chi connectivity index (χ0n) is 19.3. The Hall–Kier alpha value is -1.10. The van der Waals surface area contributed by atoms with Gasteiger partial charge in [0.1, 0.15) is 0 Å². The van der Waals surface area contributed by atoms with Gasteiger partial charge >= 0.3 is 0 Å². The predicted molar refractivity (Wildman–Crippen MR) is 135 cm³/mol. The molecule has 0 aromatic carbocycles. The first-order chi connectivity index (χ1) is 14.6. The van der Waals surface area contributed by atoms with Crippen molar-refractivity contribution >= 4 is 41.8 Å². The fourth-order valence-corrected chi connectivity index (χ4v) is 4.40. The first-order valence-electron chi connectivity index (χ1n) is 11.9. The fraction of sp³-hybridized carbons (Fsp3) is 0.864. The van der Waals surface area contributed by atoms with Gasteiger partial charge in [-0.25, -0.2) is 0 Å². The van der Waals surface area contributed by atoms with Crippen LogP contribution in [0.5, 0.6) is 0 Å². The Labute approximate surface area is 204 Å². The zero-order chi connectivity index (χ0) is 21.3. The SMILES string of the molecule is CCNC(=NCCCNC(=O)C1CCC1)N1CCN(C(C)C(=O)N2CCCC2)CC1.I. The third-order valence-electron chi connectivity index (χ3n) is 6.64. The highest BCUT2D eigenvalue weighted by molar-refractivity contribution is 14.0. The second kappa shape index (κ2) is 13.4. The van der Waals surface area contributed by atoms with Crippen LogP contribution in [-0.4, -0.2) is 97.4 Å². The lowest BCUT2D eigenvalue weighted by Gasteiger charge is -2.39. The van der Waals surface area contributed by atoms with Crippen molar-refractivity contribution in [2.24, 2.45) is 10.9 Å². The van der Waals surface area contributed by atoms with E-state index in [1.165, 1.54) is 6.42 Å². The van der Waals surface area contributed by atoms with E-state index in [2.05, 4.69) is 27.4 Å². The molecule has 3 aliphatic rings. The van der Waals surface area contributed by atoms with Gasteiger partial charge in [0.05, 0.1) is 6.04 Å². The van der Waals surface area contributed by atoms with E-state index in [0.29, 0.717) is 13.1 Å². The van der Waals surface area contributed by atoms with Crippen molar-refractivity contribution in [3.05, 3.63) is 0 Å². The molecule has 1 saturated carbocycles. The van der Waals surface area contributed by atoms with Gasteiger partial charge in [-0.15, -0.1) is 24.0 Å². The van der Waals surface area contributed by atoms with Gasteiger partial charge in [-0.05, 0) is 46.0 Å². The number of carbonyl (C=O) groups is 2. The van der Waals surface area contributed by atoms with E-state index in [-0.39, 0.29) is 47.8 Å². The topological polar surface area (TPSA) is 80.3 Å². The van der Waals surface area contributed by atoms with Crippen LogP contribution >= 0.6 is 24.0 Å². The normalized spacial score (nSPS) is 21.3. The van der Waals surface area contributed by atoms with Crippen LogP contribution in [0, 0.1) is 5.92 Å². The average Bonchev–Trinajstić information content (AvgIpc) is 3.25. The molecule has 2 heterocycles. The average molecular weight is 549 g/mol. The summed E-state index contributed by atoms with van der Waals surface area (Å²) < 4.78 is 0. The first kappa shape index (κ1) is 26.2. The second-order valence-corrected chi connectivity index (χ2v) is 8.74. The van der Waals surface area contributed by atoms with Crippen LogP contribution in [0.25, 0.3) is 0 Å². The van der Waals surface area contributed by atoms with Gasteiger partial charge in [0.2, 0.25) is 11.8 Å². The summed E-state index contributed by atoms with van der Waals surface area (Å²) in [4.78, 5) is 36.0. The number of nitrogens with one attached hydrogen (secondary N) is 2. The van der Waals surface area contributed by atoms with Gasteiger partial charge in [-0.1, -0.05) is 6.42 Å². The molecule has 0 radical (unpaired) electrons. The van der Waals surface area contributed by atoms with Gasteiger partial charge in [0, 0.05) is 64.8 Å². The highest BCUT2D eigenvalue weighted by Crippen LogP contribution is 2.26. The maximum atomic E-state index is 12.7. The highest BCUT2D eigenvalue weighted by atomic mass is 127. The lowest BCUT2D eigenvalue weighted by molar-refractivity contribution is -0.135. The Morgan fingerprint density at radius 2 is 1.65 bits per heavy atom. The van der Waals surface area contributed by atoms with E-state index >= 15 is 0 Å². The monoisotopic (exact) mass is 548 g/mol. The van der Waals surface area contributed by atoms with Crippen molar-refractivity contribution in [1.82, 2.24) is 25.3 Å². The zero-order valence-corrected chi connectivity index (χ0v) is 21.6. The van der Waals surface area contributed by atoms with E-state index in [4.69, 9.17) is 4.99 Å². The smallest absolute Gasteiger partial charge is 0.239 e. The second-order valence-electron chi connectivity index (χ2n) is 8.74. The van der Waals surface area contributed by atoms with E-state index in [9.17, 15) is 9.59 Å². The molecule has 178 valence electrons. The number of halogens is 1. The Balaban J connectivity index is 0.00000341. The summed E-state index contributed by atoms with van der Waals surface area (Å²) in [6.07, 6.45) is 6.41. The summed E-state index contributed by atoms with van der Waals surface area (Å²) in [5.41, 5.74) is 0. The molecule has 0 aromatic heterocycles. The molecule has 3 fully saturated rings. The largest absolute Gasteiger partial charge is 0.357 e. The number of carbonyl (C=O) groups excluding carboxylic acids is 2. The molecule has 8 nitrogen and oxygen atoms in total. The molecule has 31 heavy (non-hydrogen) atoms. The number of guanidine groups is 1. The van der Waals surface area contributed by atoms with E-state index in [1.54, 1.807) is 0 Å². The highest BCUT2D eigenvalue weighted by Gasteiger charge is 2.30. The molecule has 0 bridgehead atoms. The third-order valence-corrected chi connectivity index (χ3v) is 6.64. The van der Waals surface area contributed by atoms with E-state index < -0.39 is 0 Å². The maximum absolute atomic E-state index is 12.7. The van der Waals surface area contributed by atoms with Crippen molar-refractivity contribution in [3.63, 3.8) is 0 Å². The standard InChI is InChI=1S/C22H40N6O2.HI/c1-3-23-22(25-11-7-10-24-20(29)19-8-6-9-19)28-16-14-26(15-17-28)18(2)21(30)27-12-4-5-13-27;/h18-19H,3-17H2,1-2H3,(H,23,25)(H,24,29);1H. The summed E-state index contributed by atoms with van der Waals surface area (Å²) in [5, 5.41) is 6.43. The summed E-state index contributed by atoms with van der Waals surface area (Å²) in [6, 6.07) is -0.0379. The number of aliphatic imine (C=N–C) groups is 1. The maximum Gasteiger partial charge on any atom is 0.239 e. The number of rotatable bonds is 8. The Morgan fingerprint density at radius 3 is 2.23 bits per heavy atom. The summed E-state index contributed by atoms with van der Waals surface area (Å²) in [6.45, 7) is 11.7. The summed E-state index contributed by atoms with van der Waals surface area (Å²) in [5.74, 6) is 1.69. The minimum absolute atomic E-state index is 0. The molecule has 1 unspecified atom stereocenters. The number of likely N-dealkylation sites (tertiary alicyclic amines) is 1. The summed E-state index contributed by atoms with van der Waals surface area (Å²) >= 11 is 0. The van der Waals surface area contributed by atoms with Gasteiger partial charge < -0.3 is 20.4 Å². The van der Waals surface area contributed by atoms with E-state index in [1.807, 2.05) is 11.8 Å². The minimum Gasteiger partial charge on any atom is -0.357 e. The minimum atomic E-state index is -0.0379. The van der Waals surface area contributed by atoms with Crippen LogP contribution in [-0.2, 0) is 9.59 Å². The third kappa shape index (κ3) is 7.47. The number of piperazine rings is 1. The molecule has 3 rings (SSSR count). The first-order valence-corrected chi connectivity index (χ1v) is 11.9. The molecule has 0 aromatic rings. The van der Waals surface area contributed by atoms with Crippen molar-refractivity contribution in [2.45, 2.75) is 58.4 Å². The molecule has 2 N–H and O–H groups in total. The molecular weight excluding hydrogens is 507 g/mol. The van der Waals surface area contributed by atoms with E-state index in [0.717, 1.165) is 83.9 Å². The molecule has 2 amide bonds. The van der Waals surface area contributed by atoms with Gasteiger partial charge in [-0.3, -0.25) is 19.5 Å². The van der Waals surface area contributed by atoms with Crippen molar-refractivity contribution < 1.29 is 9.59 Å². The van der Waals surface area contributed by atoms with Crippen molar-refractivity contribution in [2.75, 3.05) is 58.9 Å². The van der Waals surface area contributed by atoms with Crippen LogP contribution in [0.2, 0.25) is 0 Å². The molecular formula is C22H41IN6O2. The van der Waals surface area contributed by atoms with Gasteiger partial charge in [0.25, 0.3) is 0 Å². The molecule has 0 spiro atoms. The summed E-state index contributed by atoms with van der Waals surface area (Å²) in [7, 11) is 0. The van der Waals surface area contributed by atoms with Crippen LogP contribution < -0.4 is 10.6 Å². The number of hydrogen-bond acceptors (Lipinski definition) is 4. The van der Waals surface area contributed by atoms with Gasteiger partial charge in [-0.2, -0.15) is 0 Å². The van der Waals surface area contributed by atoms with Crippen LogP contribution in [0.4, 0.5) is 0 Å². The van der Waals surface area contributed by atoms with Crippen LogP contribution in [0.15, 0.2) is 4.99 Å². The molecule has 1 aliphatic carbocycles. The lowest BCUT2D eigenvalue weighted by atomic mass is 9.85. The van der Waals surface area contributed by atoms with Crippen molar-refractivity contribution in [3.8, 4) is 0 Å². The quantitative estimate of drug-likeness (QED) is 0.208. The van der Waals surface area contributed by atoms with Crippen LogP contribution in [0.1, 0.15) is 52.4 Å². The number of amides is 2. The lowest BCUT2D eigenvalue weighted by Crippen LogP contribution is -2.57. The molecule has 2 saturated heterocycles. The fourth-order valence-electron chi connectivity index (χ4n) is 4.40. The molecule has 2 aliphatic heterocycles. The van der Waals surface area contributed by atoms with Gasteiger partial charge in [0.15, 0.2) is 5.96 Å². The Bertz CT molecular complexity index is 599.